The lowest BCUT2D eigenvalue weighted by atomic mass is 9.96. The molecule has 0 radical (unpaired) electrons. The van der Waals surface area contributed by atoms with Crippen LogP contribution >= 0.6 is 0 Å². The fourth-order valence-corrected chi connectivity index (χ4v) is 3.21. The number of hydrogen-bond donors (Lipinski definition) is 1. The summed E-state index contributed by atoms with van der Waals surface area (Å²) in [6.07, 6.45) is 2.21. The van der Waals surface area contributed by atoms with Crippen molar-refractivity contribution in [1.29, 1.82) is 0 Å². The number of nitrogens with zero attached hydrogens (tertiary/aromatic N) is 4. The van der Waals surface area contributed by atoms with Crippen molar-refractivity contribution in [3.63, 3.8) is 0 Å². The summed E-state index contributed by atoms with van der Waals surface area (Å²) in [5.74, 6) is -0.523. The predicted octanol–water partition coefficient (Wildman–Crippen LogP) is 0.656. The molecule has 24 heavy (non-hydrogen) atoms. The Hall–Kier alpha value is -2.35. The van der Waals surface area contributed by atoms with Crippen LogP contribution in [0.4, 0.5) is 10.6 Å². The number of aromatic carboxylic acids is 1. The number of aromatic nitrogens is 1. The first-order valence-electron chi connectivity index (χ1n) is 8.02. The average Bonchev–Trinajstić information content (AvgIpc) is 2.60. The van der Waals surface area contributed by atoms with Crippen molar-refractivity contribution in [3.8, 4) is 0 Å². The molecule has 8 nitrogen and oxygen atoms in total. The van der Waals surface area contributed by atoms with Crippen molar-refractivity contribution in [2.75, 3.05) is 51.8 Å². The van der Waals surface area contributed by atoms with Gasteiger partial charge in [0.2, 0.25) is 0 Å². The number of ether oxygens (including phenoxy) is 1. The zero-order valence-electron chi connectivity index (χ0n) is 14.0. The second kappa shape index (κ2) is 6.64. The van der Waals surface area contributed by atoms with Crippen molar-refractivity contribution in [2.45, 2.75) is 13.0 Å². The number of pyridine rings is 1. The van der Waals surface area contributed by atoms with Gasteiger partial charge in [-0.15, -0.1) is 0 Å². The van der Waals surface area contributed by atoms with Crippen LogP contribution in [0.15, 0.2) is 6.20 Å². The molecule has 2 aliphatic heterocycles. The van der Waals surface area contributed by atoms with Gasteiger partial charge in [0, 0.05) is 46.5 Å². The van der Waals surface area contributed by atoms with Crippen molar-refractivity contribution in [3.05, 3.63) is 22.9 Å². The first-order valence-corrected chi connectivity index (χ1v) is 8.02. The number of amides is 2. The van der Waals surface area contributed by atoms with Crippen LogP contribution in [0.1, 0.15) is 21.5 Å². The lowest BCUT2D eigenvalue weighted by Crippen LogP contribution is -2.49. The molecule has 0 atom stereocenters. The number of carboxylic acid groups (broad SMARTS) is 1. The Kier molecular flexibility index (Phi) is 4.57. The summed E-state index contributed by atoms with van der Waals surface area (Å²) in [7, 11) is 3.55. The van der Waals surface area contributed by atoms with E-state index in [1.807, 2.05) is 0 Å². The third-order valence-corrected chi connectivity index (χ3v) is 4.44. The van der Waals surface area contributed by atoms with Crippen molar-refractivity contribution in [1.82, 2.24) is 14.8 Å². The summed E-state index contributed by atoms with van der Waals surface area (Å²) >= 11 is 0. The number of urea groups is 1. The molecule has 8 heteroatoms. The molecule has 0 unspecified atom stereocenters. The van der Waals surface area contributed by atoms with Gasteiger partial charge in [-0.05, 0) is 17.5 Å². The quantitative estimate of drug-likeness (QED) is 0.855. The molecule has 1 saturated heterocycles. The second-order valence-corrected chi connectivity index (χ2v) is 6.21. The fourth-order valence-electron chi connectivity index (χ4n) is 3.21. The van der Waals surface area contributed by atoms with Gasteiger partial charge in [0.05, 0.1) is 13.2 Å². The van der Waals surface area contributed by atoms with Crippen molar-refractivity contribution < 1.29 is 19.4 Å². The van der Waals surface area contributed by atoms with Gasteiger partial charge in [-0.1, -0.05) is 0 Å². The number of rotatable bonds is 2. The van der Waals surface area contributed by atoms with E-state index in [0.29, 0.717) is 51.6 Å². The summed E-state index contributed by atoms with van der Waals surface area (Å²) in [4.78, 5) is 33.8. The minimum atomic E-state index is -0.976. The summed E-state index contributed by atoms with van der Waals surface area (Å²) in [5, 5.41) is 9.58. The summed E-state index contributed by atoms with van der Waals surface area (Å²) in [6, 6.07) is -0.0162. The Balaban J connectivity index is 1.85. The molecular formula is C16H22N4O4. The topological polar surface area (TPSA) is 86.2 Å². The van der Waals surface area contributed by atoms with Crippen LogP contribution < -0.4 is 4.90 Å². The zero-order valence-corrected chi connectivity index (χ0v) is 14.0. The lowest BCUT2D eigenvalue weighted by Gasteiger charge is -2.36. The van der Waals surface area contributed by atoms with Gasteiger partial charge < -0.3 is 24.5 Å². The van der Waals surface area contributed by atoms with Crippen LogP contribution in [-0.2, 0) is 17.7 Å². The van der Waals surface area contributed by atoms with E-state index in [1.165, 1.54) is 0 Å². The molecule has 2 aliphatic rings. The van der Waals surface area contributed by atoms with Gasteiger partial charge in [0.25, 0.3) is 0 Å². The minimum Gasteiger partial charge on any atom is -0.478 e. The maximum absolute atomic E-state index is 12.6. The van der Waals surface area contributed by atoms with E-state index >= 15 is 0 Å². The molecule has 2 amide bonds. The van der Waals surface area contributed by atoms with E-state index < -0.39 is 5.97 Å². The van der Waals surface area contributed by atoms with Gasteiger partial charge in [-0.25, -0.2) is 14.6 Å². The highest BCUT2D eigenvalue weighted by atomic mass is 16.5. The van der Waals surface area contributed by atoms with E-state index in [4.69, 9.17) is 4.74 Å². The van der Waals surface area contributed by atoms with Crippen LogP contribution in [0.3, 0.4) is 0 Å². The average molecular weight is 334 g/mol. The number of anilines is 1. The number of morpholine rings is 1. The normalized spacial score (nSPS) is 17.4. The first kappa shape index (κ1) is 16.5. The Morgan fingerprint density at radius 3 is 2.54 bits per heavy atom. The largest absolute Gasteiger partial charge is 0.478 e. The maximum Gasteiger partial charge on any atom is 0.339 e. The van der Waals surface area contributed by atoms with Gasteiger partial charge in [0.15, 0.2) is 0 Å². The van der Waals surface area contributed by atoms with E-state index in [9.17, 15) is 14.7 Å². The van der Waals surface area contributed by atoms with E-state index in [0.717, 1.165) is 11.1 Å². The van der Waals surface area contributed by atoms with E-state index in [2.05, 4.69) is 4.98 Å². The van der Waals surface area contributed by atoms with Crippen LogP contribution in [0, 0.1) is 0 Å². The number of hydrogen-bond acceptors (Lipinski definition) is 5. The Morgan fingerprint density at radius 1 is 1.21 bits per heavy atom. The van der Waals surface area contributed by atoms with Crippen molar-refractivity contribution in [2.24, 2.45) is 0 Å². The molecule has 0 aliphatic carbocycles. The molecule has 0 spiro atoms. The molecule has 3 rings (SSSR count). The third kappa shape index (κ3) is 3.01. The van der Waals surface area contributed by atoms with Gasteiger partial charge in [-0.3, -0.25) is 0 Å². The fraction of sp³-hybridized carbons (Fsp3) is 0.562. The lowest BCUT2D eigenvalue weighted by molar-refractivity contribution is 0.0421. The van der Waals surface area contributed by atoms with Crippen molar-refractivity contribution >= 4 is 17.8 Å². The van der Waals surface area contributed by atoms with Gasteiger partial charge in [-0.2, -0.15) is 0 Å². The highest BCUT2D eigenvalue weighted by molar-refractivity contribution is 5.95. The summed E-state index contributed by atoms with van der Waals surface area (Å²) < 4.78 is 5.28. The minimum absolute atomic E-state index is 0.0162. The van der Waals surface area contributed by atoms with Crippen LogP contribution in [0.5, 0.6) is 0 Å². The number of carbonyl (C=O) groups excluding carboxylic acids is 1. The molecule has 1 aromatic rings. The van der Waals surface area contributed by atoms with E-state index in [1.54, 1.807) is 35.0 Å². The molecular weight excluding hydrogens is 312 g/mol. The summed E-state index contributed by atoms with van der Waals surface area (Å²) in [6.45, 7) is 3.23. The zero-order chi connectivity index (χ0) is 17.3. The molecule has 1 aromatic heterocycles. The molecule has 130 valence electrons. The smallest absolute Gasteiger partial charge is 0.339 e. The molecule has 1 fully saturated rings. The van der Waals surface area contributed by atoms with Gasteiger partial charge >= 0.3 is 12.0 Å². The monoisotopic (exact) mass is 334 g/mol. The Labute approximate surface area is 140 Å². The number of fused-ring (bicyclic) bond motifs is 1. The van der Waals surface area contributed by atoms with Crippen LogP contribution in [0.25, 0.3) is 0 Å². The predicted molar refractivity (Wildman–Crippen MR) is 87.4 cm³/mol. The highest BCUT2D eigenvalue weighted by Crippen LogP contribution is 2.28. The van der Waals surface area contributed by atoms with Crippen LogP contribution in [0.2, 0.25) is 0 Å². The Bertz CT molecular complexity index is 656. The van der Waals surface area contributed by atoms with Gasteiger partial charge in [0.1, 0.15) is 11.4 Å². The molecule has 3 heterocycles. The molecule has 0 aromatic carbocycles. The Morgan fingerprint density at radius 2 is 1.92 bits per heavy atom. The standard InChI is InChI=1S/C16H22N4O4/c1-18(2)14-13(15(21)22)12-3-4-20(10-11(12)9-17-14)16(23)19-5-7-24-8-6-19/h9H,3-8,10H2,1-2H3,(H,21,22). The highest BCUT2D eigenvalue weighted by Gasteiger charge is 2.30. The second-order valence-electron chi connectivity index (χ2n) is 6.21. The third-order valence-electron chi connectivity index (χ3n) is 4.44. The SMILES string of the molecule is CN(C)c1ncc2c(c1C(=O)O)CCN(C(=O)N1CCOCC1)C2. The van der Waals surface area contributed by atoms with Crippen LogP contribution in [-0.4, -0.2) is 78.8 Å². The molecule has 1 N–H and O–H groups in total. The van der Waals surface area contributed by atoms with E-state index in [-0.39, 0.29) is 11.6 Å². The maximum atomic E-state index is 12.6. The number of carboxylic acids is 1. The molecule has 0 saturated carbocycles. The first-order chi connectivity index (χ1) is 11.5. The molecule has 0 bridgehead atoms. The summed E-state index contributed by atoms with van der Waals surface area (Å²) in [5.41, 5.74) is 1.84. The number of carbonyl (C=O) groups is 2.